The van der Waals surface area contributed by atoms with E-state index in [0.29, 0.717) is 0 Å². The lowest BCUT2D eigenvalue weighted by Gasteiger charge is -2.22. The molecule has 1 aromatic carbocycles. The van der Waals surface area contributed by atoms with Crippen LogP contribution in [0.1, 0.15) is 18.9 Å². The van der Waals surface area contributed by atoms with E-state index in [0.717, 1.165) is 55.5 Å². The predicted octanol–water partition coefficient (Wildman–Crippen LogP) is 2.40. The van der Waals surface area contributed by atoms with E-state index in [2.05, 4.69) is 4.90 Å². The summed E-state index contributed by atoms with van der Waals surface area (Å²) < 4.78 is 5.38. The summed E-state index contributed by atoms with van der Waals surface area (Å²) in [6.07, 6.45) is 1.00. The van der Waals surface area contributed by atoms with Gasteiger partial charge in [-0.15, -0.1) is 0 Å². The van der Waals surface area contributed by atoms with E-state index < -0.39 is 0 Å². The predicted molar refractivity (Wildman–Crippen MR) is 80.2 cm³/mol. The number of ether oxygens (including phenoxy) is 1. The summed E-state index contributed by atoms with van der Waals surface area (Å²) in [5, 5.41) is 0.723. The lowest BCUT2D eigenvalue weighted by atomic mass is 10.2. The van der Waals surface area contributed by atoms with E-state index >= 15 is 0 Å². The molecule has 1 saturated heterocycles. The molecule has 1 amide bonds. The number of hydrogen-bond donors (Lipinski definition) is 0. The van der Waals surface area contributed by atoms with Crippen molar-refractivity contribution in [2.75, 3.05) is 33.3 Å². The molecule has 5 heteroatoms. The van der Waals surface area contributed by atoms with Crippen molar-refractivity contribution in [3.05, 3.63) is 28.8 Å². The number of rotatable bonds is 3. The monoisotopic (exact) mass is 296 g/mol. The Morgan fingerprint density at radius 3 is 2.80 bits per heavy atom. The molecule has 0 spiro atoms. The van der Waals surface area contributed by atoms with Crippen LogP contribution >= 0.6 is 11.6 Å². The molecule has 1 aliphatic heterocycles. The van der Waals surface area contributed by atoms with Crippen molar-refractivity contribution in [3.63, 3.8) is 0 Å². The van der Waals surface area contributed by atoms with Crippen LogP contribution in [0, 0.1) is 0 Å². The highest BCUT2D eigenvalue weighted by atomic mass is 35.5. The van der Waals surface area contributed by atoms with Gasteiger partial charge in [-0.3, -0.25) is 9.69 Å². The third-order valence-electron chi connectivity index (χ3n) is 3.67. The van der Waals surface area contributed by atoms with Crippen LogP contribution < -0.4 is 4.74 Å². The highest BCUT2D eigenvalue weighted by molar-refractivity contribution is 6.30. The Morgan fingerprint density at radius 2 is 2.10 bits per heavy atom. The van der Waals surface area contributed by atoms with E-state index in [9.17, 15) is 4.79 Å². The maximum absolute atomic E-state index is 11.4. The Hall–Kier alpha value is -1.26. The first-order valence-electron chi connectivity index (χ1n) is 6.90. The first-order chi connectivity index (χ1) is 9.60. The molecule has 1 aromatic rings. The quantitative estimate of drug-likeness (QED) is 0.859. The van der Waals surface area contributed by atoms with Gasteiger partial charge >= 0.3 is 0 Å². The van der Waals surface area contributed by atoms with Gasteiger partial charge in [-0.05, 0) is 24.6 Å². The molecule has 0 unspecified atom stereocenters. The zero-order chi connectivity index (χ0) is 14.5. The van der Waals surface area contributed by atoms with Gasteiger partial charge in [0.05, 0.1) is 7.11 Å². The average Bonchev–Trinajstić information content (AvgIpc) is 2.65. The molecule has 0 radical (unpaired) electrons. The van der Waals surface area contributed by atoms with Gasteiger partial charge in [0.1, 0.15) is 5.75 Å². The van der Waals surface area contributed by atoms with Gasteiger partial charge in [0.2, 0.25) is 5.91 Å². The fraction of sp³-hybridized carbons (Fsp3) is 0.533. The standard InChI is InChI=1S/C15H21ClN2O2/c1-12(19)18-7-3-6-17(8-9-18)11-13-10-14(16)4-5-15(13)20-2/h4-5,10H,3,6-9,11H2,1-2H3. The lowest BCUT2D eigenvalue weighted by Crippen LogP contribution is -2.33. The minimum atomic E-state index is 0.159. The topological polar surface area (TPSA) is 32.8 Å². The molecule has 0 aromatic heterocycles. The zero-order valence-electron chi connectivity index (χ0n) is 12.1. The first-order valence-corrected chi connectivity index (χ1v) is 7.28. The second-order valence-corrected chi connectivity index (χ2v) is 5.53. The Bertz CT molecular complexity index is 479. The number of halogens is 1. The summed E-state index contributed by atoms with van der Waals surface area (Å²) in [4.78, 5) is 15.7. The lowest BCUT2D eigenvalue weighted by molar-refractivity contribution is -0.128. The van der Waals surface area contributed by atoms with Crippen molar-refractivity contribution < 1.29 is 9.53 Å². The van der Waals surface area contributed by atoms with E-state index in [1.807, 2.05) is 23.1 Å². The molecular weight excluding hydrogens is 276 g/mol. The highest BCUT2D eigenvalue weighted by Gasteiger charge is 2.17. The van der Waals surface area contributed by atoms with Crippen LogP contribution in [0.4, 0.5) is 0 Å². The number of nitrogens with zero attached hydrogens (tertiary/aromatic N) is 2. The molecule has 0 atom stereocenters. The van der Waals surface area contributed by atoms with Gasteiger partial charge in [0.25, 0.3) is 0 Å². The van der Waals surface area contributed by atoms with Crippen LogP contribution in [-0.4, -0.2) is 49.0 Å². The molecule has 0 N–H and O–H groups in total. The van der Waals surface area contributed by atoms with Gasteiger partial charge in [0.15, 0.2) is 0 Å². The molecule has 110 valence electrons. The molecular formula is C15H21ClN2O2. The van der Waals surface area contributed by atoms with E-state index in [4.69, 9.17) is 16.3 Å². The maximum atomic E-state index is 11.4. The zero-order valence-corrected chi connectivity index (χ0v) is 12.8. The Kier molecular flexibility index (Phi) is 5.26. The molecule has 0 saturated carbocycles. The highest BCUT2D eigenvalue weighted by Crippen LogP contribution is 2.24. The van der Waals surface area contributed by atoms with Crippen molar-refractivity contribution in [3.8, 4) is 5.75 Å². The van der Waals surface area contributed by atoms with Crippen molar-refractivity contribution >= 4 is 17.5 Å². The van der Waals surface area contributed by atoms with Gasteiger partial charge < -0.3 is 9.64 Å². The summed E-state index contributed by atoms with van der Waals surface area (Å²) in [5.41, 5.74) is 1.09. The fourth-order valence-electron chi connectivity index (χ4n) is 2.56. The van der Waals surface area contributed by atoms with Crippen LogP contribution in [0.2, 0.25) is 5.02 Å². The SMILES string of the molecule is COc1ccc(Cl)cc1CN1CCCN(C(C)=O)CC1. The molecule has 0 aliphatic carbocycles. The van der Waals surface area contributed by atoms with Crippen molar-refractivity contribution in [1.29, 1.82) is 0 Å². The average molecular weight is 297 g/mol. The minimum absolute atomic E-state index is 0.159. The molecule has 1 aliphatic rings. The molecule has 20 heavy (non-hydrogen) atoms. The second kappa shape index (κ2) is 6.95. The largest absolute Gasteiger partial charge is 0.496 e. The van der Waals surface area contributed by atoms with Gasteiger partial charge in [0, 0.05) is 50.2 Å². The summed E-state index contributed by atoms with van der Waals surface area (Å²) in [6, 6.07) is 5.69. The van der Waals surface area contributed by atoms with E-state index in [-0.39, 0.29) is 5.91 Å². The Balaban J connectivity index is 2.03. The normalized spacial score (nSPS) is 16.9. The summed E-state index contributed by atoms with van der Waals surface area (Å²) in [6.45, 7) is 5.94. The molecule has 4 nitrogen and oxygen atoms in total. The molecule has 1 fully saturated rings. The third-order valence-corrected chi connectivity index (χ3v) is 3.91. The Labute approximate surface area is 125 Å². The number of carbonyl (C=O) groups is 1. The summed E-state index contributed by atoms with van der Waals surface area (Å²) >= 11 is 6.06. The minimum Gasteiger partial charge on any atom is -0.496 e. The Morgan fingerprint density at radius 1 is 1.30 bits per heavy atom. The van der Waals surface area contributed by atoms with Gasteiger partial charge in [-0.2, -0.15) is 0 Å². The van der Waals surface area contributed by atoms with Crippen molar-refractivity contribution in [1.82, 2.24) is 9.80 Å². The maximum Gasteiger partial charge on any atom is 0.219 e. The smallest absolute Gasteiger partial charge is 0.219 e. The fourth-order valence-corrected chi connectivity index (χ4v) is 2.75. The summed E-state index contributed by atoms with van der Waals surface area (Å²) in [7, 11) is 1.67. The van der Waals surface area contributed by atoms with Crippen molar-refractivity contribution in [2.45, 2.75) is 19.9 Å². The van der Waals surface area contributed by atoms with Crippen LogP contribution in [-0.2, 0) is 11.3 Å². The third kappa shape index (κ3) is 3.87. The van der Waals surface area contributed by atoms with E-state index in [1.54, 1.807) is 14.0 Å². The molecule has 2 rings (SSSR count). The summed E-state index contributed by atoms with van der Waals surface area (Å²) in [5.74, 6) is 1.02. The second-order valence-electron chi connectivity index (χ2n) is 5.09. The number of methoxy groups -OCH3 is 1. The van der Waals surface area contributed by atoms with Gasteiger partial charge in [-0.1, -0.05) is 11.6 Å². The van der Waals surface area contributed by atoms with Gasteiger partial charge in [-0.25, -0.2) is 0 Å². The van der Waals surface area contributed by atoms with Crippen LogP contribution in [0.3, 0.4) is 0 Å². The number of benzene rings is 1. The molecule has 0 bridgehead atoms. The number of carbonyl (C=O) groups excluding carboxylic acids is 1. The van der Waals surface area contributed by atoms with Crippen molar-refractivity contribution in [2.24, 2.45) is 0 Å². The molecule has 1 heterocycles. The van der Waals surface area contributed by atoms with E-state index in [1.165, 1.54) is 0 Å². The number of amides is 1. The van der Waals surface area contributed by atoms with Crippen LogP contribution in [0.15, 0.2) is 18.2 Å². The van der Waals surface area contributed by atoms with Crippen LogP contribution in [0.25, 0.3) is 0 Å². The first kappa shape index (κ1) is 15.1. The number of hydrogen-bond acceptors (Lipinski definition) is 3. The van der Waals surface area contributed by atoms with Crippen LogP contribution in [0.5, 0.6) is 5.75 Å².